The third-order valence-corrected chi connectivity index (χ3v) is 9.87. The van der Waals surface area contributed by atoms with Crippen LogP contribution in [-0.2, 0) is 26.6 Å². The lowest BCUT2D eigenvalue weighted by atomic mass is 9.77. The van der Waals surface area contributed by atoms with E-state index in [1.165, 1.54) is 19.3 Å². The molecule has 0 aliphatic carbocycles. The van der Waals surface area contributed by atoms with Crippen molar-refractivity contribution in [3.63, 3.8) is 0 Å². The van der Waals surface area contributed by atoms with Crippen molar-refractivity contribution in [3.05, 3.63) is 0 Å². The maximum Gasteiger partial charge on any atom is 0.384 e. The summed E-state index contributed by atoms with van der Waals surface area (Å²) in [6, 6.07) is 3.09. The second kappa shape index (κ2) is 16.4. The van der Waals surface area contributed by atoms with Gasteiger partial charge in [0.15, 0.2) is 0 Å². The summed E-state index contributed by atoms with van der Waals surface area (Å²) in [5.74, 6) is 0. The van der Waals surface area contributed by atoms with E-state index in [4.69, 9.17) is 26.6 Å². The fourth-order valence-corrected chi connectivity index (χ4v) is 6.34. The summed E-state index contributed by atoms with van der Waals surface area (Å²) in [4.78, 5) is 0. The molecule has 0 fully saturated rings. The molecule has 155 valence electrons. The quantitative estimate of drug-likeness (QED) is 0.314. The smallest absolute Gasteiger partial charge is 0.384 e. The molecule has 0 aromatic heterocycles. The molecule has 0 rings (SSSR count). The van der Waals surface area contributed by atoms with Crippen LogP contribution in [0.15, 0.2) is 0 Å². The van der Waals surface area contributed by atoms with Crippen molar-refractivity contribution in [3.8, 4) is 0 Å². The van der Waals surface area contributed by atoms with E-state index in [9.17, 15) is 0 Å². The average Bonchev–Trinajstić information content (AvgIpc) is 2.66. The summed E-state index contributed by atoms with van der Waals surface area (Å²) in [5, 5.41) is 0. The second-order valence-corrected chi connectivity index (χ2v) is 12.9. The van der Waals surface area contributed by atoms with E-state index < -0.39 is 27.9 Å². The van der Waals surface area contributed by atoms with E-state index in [2.05, 4.69) is 6.92 Å². The van der Waals surface area contributed by atoms with Crippen molar-refractivity contribution in [1.29, 1.82) is 0 Å². The van der Waals surface area contributed by atoms with Gasteiger partial charge in [-0.25, -0.2) is 0 Å². The number of hydrogen-bond acceptors (Lipinski definition) is 6. The third kappa shape index (κ3) is 12.0. The van der Waals surface area contributed by atoms with Crippen LogP contribution in [0.1, 0.15) is 45.4 Å². The lowest BCUT2D eigenvalue weighted by Crippen LogP contribution is -2.24. The Balaban J connectivity index is 4.52. The van der Waals surface area contributed by atoms with Crippen LogP contribution < -0.4 is 0 Å². The minimum atomic E-state index is -1.10. The van der Waals surface area contributed by atoms with Gasteiger partial charge in [0, 0.05) is 42.7 Å². The first-order chi connectivity index (χ1) is 12.5. The van der Waals surface area contributed by atoms with Gasteiger partial charge < -0.3 is 26.6 Å². The molecule has 0 spiro atoms. The van der Waals surface area contributed by atoms with Gasteiger partial charge in [-0.15, -0.1) is 0 Å². The van der Waals surface area contributed by atoms with Gasteiger partial charge in [0.1, 0.15) is 0 Å². The molecule has 6 nitrogen and oxygen atoms in total. The van der Waals surface area contributed by atoms with Crippen molar-refractivity contribution >= 4 is 27.9 Å². The lowest BCUT2D eigenvalue weighted by Gasteiger charge is -2.31. The van der Waals surface area contributed by atoms with Gasteiger partial charge in [-0.05, 0) is 42.8 Å². The molecule has 0 N–H and O–H groups in total. The van der Waals surface area contributed by atoms with Gasteiger partial charge in [0.05, 0.1) is 0 Å². The maximum atomic E-state index is 5.42. The number of hydrogen-bond donors (Lipinski definition) is 0. The van der Waals surface area contributed by atoms with Gasteiger partial charge in [0.2, 0.25) is 0 Å². The Morgan fingerprint density at radius 2 is 0.731 bits per heavy atom. The molecule has 26 heavy (non-hydrogen) atoms. The van der Waals surface area contributed by atoms with Crippen LogP contribution in [0.5, 0.6) is 0 Å². The molecule has 0 aliphatic heterocycles. The second-order valence-electron chi connectivity index (χ2n) is 6.71. The largest absolute Gasteiger partial charge is 0.397 e. The van der Waals surface area contributed by atoms with Crippen LogP contribution in [0.25, 0.3) is 0 Å². The summed E-state index contributed by atoms with van der Waals surface area (Å²) in [5.41, 5.74) is 0.317. The van der Waals surface area contributed by atoms with E-state index >= 15 is 0 Å². The molecule has 0 atom stereocenters. The molecule has 0 bridgehead atoms. The fraction of sp³-hybridized carbons (Fsp3) is 1.00. The van der Waals surface area contributed by atoms with Crippen molar-refractivity contribution < 1.29 is 26.6 Å². The first-order valence-corrected chi connectivity index (χ1v) is 13.9. The molecular weight excluding hydrogens is 384 g/mol. The highest BCUT2D eigenvalue weighted by Crippen LogP contribution is 2.37. The van der Waals surface area contributed by atoms with Crippen LogP contribution in [-0.4, -0.2) is 70.5 Å². The minimum absolute atomic E-state index is 0.317. The molecule has 0 unspecified atom stereocenters. The molecule has 0 aliphatic rings. The van der Waals surface area contributed by atoms with Crippen molar-refractivity contribution in [2.75, 3.05) is 42.7 Å². The van der Waals surface area contributed by atoms with Gasteiger partial charge in [-0.1, -0.05) is 26.2 Å². The summed E-state index contributed by atoms with van der Waals surface area (Å²) < 4.78 is 32.5. The van der Waals surface area contributed by atoms with Crippen LogP contribution in [0.4, 0.5) is 0 Å². The Labute approximate surface area is 166 Å². The SMILES string of the molecule is CO[Si](CCCC(C)(CCC[Si](OC)OC)CCC[Si](OC)OC)OC. The molecule has 0 saturated heterocycles. The van der Waals surface area contributed by atoms with Gasteiger partial charge in [-0.3, -0.25) is 0 Å². The van der Waals surface area contributed by atoms with Crippen LogP contribution in [0, 0.1) is 5.41 Å². The number of rotatable bonds is 18. The first kappa shape index (κ1) is 26.4. The molecule has 3 radical (unpaired) electrons. The van der Waals surface area contributed by atoms with E-state index in [0.29, 0.717) is 5.41 Å². The molecule has 9 heteroatoms. The predicted molar refractivity (Wildman–Crippen MR) is 110 cm³/mol. The Kier molecular flexibility index (Phi) is 16.6. The standard InChI is InChI=1S/C17H39O6Si3/c1-17(11-8-14-24(18-2)19-3,12-9-15-25(20-4)21-5)13-10-16-26(22-6)23-7/h8-16H2,1-7H3. The highest BCUT2D eigenvalue weighted by Gasteiger charge is 2.26. The van der Waals surface area contributed by atoms with Crippen molar-refractivity contribution in [2.45, 2.75) is 63.6 Å². The van der Waals surface area contributed by atoms with Gasteiger partial charge >= 0.3 is 27.9 Å². The Hall–Kier alpha value is 0.411. The van der Waals surface area contributed by atoms with Crippen molar-refractivity contribution in [2.24, 2.45) is 5.41 Å². The van der Waals surface area contributed by atoms with E-state index in [-0.39, 0.29) is 0 Å². The predicted octanol–water partition coefficient (Wildman–Crippen LogP) is 3.68. The van der Waals surface area contributed by atoms with Crippen LogP contribution in [0.2, 0.25) is 18.1 Å². The Bertz CT molecular complexity index is 267. The van der Waals surface area contributed by atoms with E-state index in [1.54, 1.807) is 42.7 Å². The molecule has 0 amide bonds. The molecule has 0 aromatic carbocycles. The Morgan fingerprint density at radius 3 is 0.923 bits per heavy atom. The summed E-state index contributed by atoms with van der Waals surface area (Å²) in [6.45, 7) is 2.41. The first-order valence-electron chi connectivity index (χ1n) is 9.30. The maximum absolute atomic E-state index is 5.42. The highest BCUT2D eigenvalue weighted by atomic mass is 28.3. The Morgan fingerprint density at radius 1 is 0.500 bits per heavy atom. The zero-order valence-corrected chi connectivity index (χ0v) is 20.8. The summed E-state index contributed by atoms with van der Waals surface area (Å²) >= 11 is 0. The fourth-order valence-electron chi connectivity index (χ4n) is 3.22. The van der Waals surface area contributed by atoms with Crippen LogP contribution in [0.3, 0.4) is 0 Å². The zero-order valence-electron chi connectivity index (χ0n) is 17.8. The minimum Gasteiger partial charge on any atom is -0.397 e. The summed E-state index contributed by atoms with van der Waals surface area (Å²) in [7, 11) is 7.18. The normalized spacial score (nSPS) is 12.7. The average molecular weight is 424 g/mol. The zero-order chi connectivity index (χ0) is 19.8. The van der Waals surface area contributed by atoms with Crippen molar-refractivity contribution in [1.82, 2.24) is 0 Å². The molecule has 0 aromatic rings. The van der Waals surface area contributed by atoms with E-state index in [1.807, 2.05) is 0 Å². The van der Waals surface area contributed by atoms with Gasteiger partial charge in [-0.2, -0.15) is 0 Å². The molecule has 0 heterocycles. The molecular formula is C17H39O6Si3. The van der Waals surface area contributed by atoms with Crippen LogP contribution >= 0.6 is 0 Å². The van der Waals surface area contributed by atoms with Gasteiger partial charge in [0.25, 0.3) is 0 Å². The summed E-state index contributed by atoms with van der Waals surface area (Å²) in [6.07, 6.45) is 7.01. The topological polar surface area (TPSA) is 55.4 Å². The monoisotopic (exact) mass is 423 g/mol. The van der Waals surface area contributed by atoms with E-state index in [0.717, 1.165) is 37.4 Å². The molecule has 0 saturated carbocycles. The highest BCUT2D eigenvalue weighted by molar-refractivity contribution is 6.44. The lowest BCUT2D eigenvalue weighted by molar-refractivity contribution is 0.222. The third-order valence-electron chi connectivity index (χ3n) is 4.85.